The van der Waals surface area contributed by atoms with Crippen LogP contribution in [-0.2, 0) is 10.2 Å². The molecule has 3 N–H and O–H groups in total. The lowest BCUT2D eigenvalue weighted by Gasteiger charge is -2.20. The van der Waals surface area contributed by atoms with E-state index in [1.165, 1.54) is 4.31 Å². The fourth-order valence-electron chi connectivity index (χ4n) is 1.88. The highest BCUT2D eigenvalue weighted by atomic mass is 32.2. The van der Waals surface area contributed by atoms with E-state index >= 15 is 0 Å². The van der Waals surface area contributed by atoms with Crippen molar-refractivity contribution in [3.8, 4) is 0 Å². The summed E-state index contributed by atoms with van der Waals surface area (Å²) in [5.41, 5.74) is 5.53. The minimum absolute atomic E-state index is 0.0626. The van der Waals surface area contributed by atoms with Crippen LogP contribution in [0.25, 0.3) is 0 Å². The fourth-order valence-corrected chi connectivity index (χ4v) is 3.38. The molecule has 14 heavy (non-hydrogen) atoms. The second-order valence-electron chi connectivity index (χ2n) is 3.76. The molecule has 0 spiro atoms. The SMILES string of the molecule is CCNS(=O)(=O)N1CC(CN)CC1C. The Hall–Kier alpha value is -0.170. The molecule has 5 nitrogen and oxygen atoms in total. The largest absolute Gasteiger partial charge is 0.330 e. The van der Waals surface area contributed by atoms with Gasteiger partial charge in [-0.05, 0) is 25.8 Å². The van der Waals surface area contributed by atoms with E-state index in [0.29, 0.717) is 25.6 Å². The lowest BCUT2D eigenvalue weighted by Crippen LogP contribution is -2.42. The molecule has 1 fully saturated rings. The van der Waals surface area contributed by atoms with E-state index in [0.717, 1.165) is 6.42 Å². The quantitative estimate of drug-likeness (QED) is 0.672. The van der Waals surface area contributed by atoms with Crippen molar-refractivity contribution < 1.29 is 8.42 Å². The fraction of sp³-hybridized carbons (Fsp3) is 1.00. The van der Waals surface area contributed by atoms with Crippen LogP contribution in [0.5, 0.6) is 0 Å². The molecular formula is C8H19N3O2S. The van der Waals surface area contributed by atoms with Crippen LogP contribution < -0.4 is 10.5 Å². The number of hydrogen-bond acceptors (Lipinski definition) is 3. The first kappa shape index (κ1) is 11.9. The number of nitrogens with zero attached hydrogens (tertiary/aromatic N) is 1. The maximum atomic E-state index is 11.7. The smallest absolute Gasteiger partial charge is 0.279 e. The summed E-state index contributed by atoms with van der Waals surface area (Å²) in [6.07, 6.45) is 0.862. The summed E-state index contributed by atoms with van der Waals surface area (Å²) < 4.78 is 27.4. The van der Waals surface area contributed by atoms with Crippen molar-refractivity contribution in [1.82, 2.24) is 9.03 Å². The molecule has 0 aromatic rings. The molecule has 2 unspecified atom stereocenters. The molecule has 1 heterocycles. The van der Waals surface area contributed by atoms with Gasteiger partial charge in [-0.25, -0.2) is 4.72 Å². The Balaban J connectivity index is 2.70. The molecule has 0 aromatic carbocycles. The van der Waals surface area contributed by atoms with E-state index < -0.39 is 10.2 Å². The van der Waals surface area contributed by atoms with E-state index in [4.69, 9.17) is 5.73 Å². The Morgan fingerprint density at radius 1 is 1.57 bits per heavy atom. The zero-order valence-electron chi connectivity index (χ0n) is 8.73. The average Bonchev–Trinajstić information content (AvgIpc) is 2.47. The number of rotatable bonds is 4. The van der Waals surface area contributed by atoms with Gasteiger partial charge >= 0.3 is 0 Å². The van der Waals surface area contributed by atoms with Gasteiger partial charge in [-0.1, -0.05) is 6.92 Å². The predicted molar refractivity (Wildman–Crippen MR) is 55.9 cm³/mol. The summed E-state index contributed by atoms with van der Waals surface area (Å²) in [5.74, 6) is 0.304. The molecule has 2 atom stereocenters. The maximum absolute atomic E-state index is 11.7. The first-order valence-corrected chi connectivity index (χ1v) is 6.41. The van der Waals surface area contributed by atoms with Crippen molar-refractivity contribution >= 4 is 10.2 Å². The van der Waals surface area contributed by atoms with Gasteiger partial charge in [0.15, 0.2) is 0 Å². The highest BCUT2D eigenvalue weighted by Gasteiger charge is 2.35. The predicted octanol–water partition coefficient (Wildman–Crippen LogP) is -0.490. The first-order chi connectivity index (χ1) is 6.51. The van der Waals surface area contributed by atoms with Crippen molar-refractivity contribution in [2.24, 2.45) is 11.7 Å². The van der Waals surface area contributed by atoms with Crippen LogP contribution in [-0.4, -0.2) is 38.4 Å². The molecule has 0 amide bonds. The summed E-state index contributed by atoms with van der Waals surface area (Å²) in [5, 5.41) is 0. The minimum atomic E-state index is -3.27. The molecule has 0 aliphatic carbocycles. The lowest BCUT2D eigenvalue weighted by atomic mass is 10.1. The second kappa shape index (κ2) is 4.57. The molecule has 0 bridgehead atoms. The Labute approximate surface area is 85.8 Å². The van der Waals surface area contributed by atoms with Crippen LogP contribution in [0.15, 0.2) is 0 Å². The van der Waals surface area contributed by atoms with Gasteiger partial charge in [-0.15, -0.1) is 0 Å². The van der Waals surface area contributed by atoms with Gasteiger partial charge < -0.3 is 5.73 Å². The molecule has 1 saturated heterocycles. The van der Waals surface area contributed by atoms with Crippen molar-refractivity contribution in [1.29, 1.82) is 0 Å². The van der Waals surface area contributed by atoms with E-state index in [1.54, 1.807) is 6.92 Å². The highest BCUT2D eigenvalue weighted by Crippen LogP contribution is 2.24. The van der Waals surface area contributed by atoms with Gasteiger partial charge in [0, 0.05) is 19.1 Å². The van der Waals surface area contributed by atoms with Crippen LogP contribution >= 0.6 is 0 Å². The molecule has 84 valence electrons. The zero-order chi connectivity index (χ0) is 10.8. The first-order valence-electron chi connectivity index (χ1n) is 4.97. The van der Waals surface area contributed by atoms with Crippen molar-refractivity contribution in [3.63, 3.8) is 0 Å². The van der Waals surface area contributed by atoms with E-state index in [-0.39, 0.29) is 6.04 Å². The van der Waals surface area contributed by atoms with Gasteiger partial charge in [-0.3, -0.25) is 0 Å². The molecule has 0 aromatic heterocycles. The van der Waals surface area contributed by atoms with Crippen molar-refractivity contribution in [2.45, 2.75) is 26.3 Å². The number of hydrogen-bond donors (Lipinski definition) is 2. The number of nitrogens with two attached hydrogens (primary N) is 1. The van der Waals surface area contributed by atoms with Gasteiger partial charge in [0.2, 0.25) is 0 Å². The van der Waals surface area contributed by atoms with Crippen LogP contribution in [0.4, 0.5) is 0 Å². The van der Waals surface area contributed by atoms with E-state index in [1.807, 2.05) is 6.92 Å². The van der Waals surface area contributed by atoms with Crippen molar-refractivity contribution in [3.05, 3.63) is 0 Å². The van der Waals surface area contributed by atoms with Crippen LogP contribution in [0.2, 0.25) is 0 Å². The summed E-state index contributed by atoms with van der Waals surface area (Å²) in [4.78, 5) is 0. The monoisotopic (exact) mass is 221 g/mol. The summed E-state index contributed by atoms with van der Waals surface area (Å²) in [6.45, 7) is 5.23. The van der Waals surface area contributed by atoms with Crippen LogP contribution in [0.1, 0.15) is 20.3 Å². The normalized spacial score (nSPS) is 29.6. The third kappa shape index (κ3) is 2.44. The Morgan fingerprint density at radius 3 is 2.64 bits per heavy atom. The second-order valence-corrected chi connectivity index (χ2v) is 5.47. The average molecular weight is 221 g/mol. The summed E-state index contributed by atoms with van der Waals surface area (Å²) in [7, 11) is -3.27. The standard InChI is InChI=1S/C8H19N3O2S/c1-3-10-14(12,13)11-6-8(5-9)4-7(11)2/h7-8,10H,3-6,9H2,1-2H3. The molecule has 1 aliphatic heterocycles. The van der Waals surface area contributed by atoms with Crippen molar-refractivity contribution in [2.75, 3.05) is 19.6 Å². The third-order valence-electron chi connectivity index (χ3n) is 2.57. The van der Waals surface area contributed by atoms with E-state index in [9.17, 15) is 8.42 Å². The van der Waals surface area contributed by atoms with Gasteiger partial charge in [0.1, 0.15) is 0 Å². The van der Waals surface area contributed by atoms with Gasteiger partial charge in [-0.2, -0.15) is 12.7 Å². The van der Waals surface area contributed by atoms with Crippen LogP contribution in [0.3, 0.4) is 0 Å². The Kier molecular flexibility index (Phi) is 3.88. The zero-order valence-corrected chi connectivity index (χ0v) is 9.55. The van der Waals surface area contributed by atoms with Gasteiger partial charge in [0.05, 0.1) is 0 Å². The number of nitrogens with one attached hydrogen (secondary N) is 1. The highest BCUT2D eigenvalue weighted by molar-refractivity contribution is 7.87. The van der Waals surface area contributed by atoms with Crippen LogP contribution in [0, 0.1) is 5.92 Å². The Morgan fingerprint density at radius 2 is 2.21 bits per heavy atom. The Bertz CT molecular complexity index is 278. The third-order valence-corrected chi connectivity index (χ3v) is 4.35. The lowest BCUT2D eigenvalue weighted by molar-refractivity contribution is 0.397. The van der Waals surface area contributed by atoms with E-state index in [2.05, 4.69) is 4.72 Å². The summed E-state index contributed by atoms with van der Waals surface area (Å²) >= 11 is 0. The molecule has 6 heteroatoms. The molecule has 0 saturated carbocycles. The minimum Gasteiger partial charge on any atom is -0.330 e. The summed E-state index contributed by atoms with van der Waals surface area (Å²) in [6, 6.07) is 0.0626. The molecule has 1 aliphatic rings. The topological polar surface area (TPSA) is 75.4 Å². The molecule has 0 radical (unpaired) electrons. The molecular weight excluding hydrogens is 202 g/mol. The van der Waals surface area contributed by atoms with Gasteiger partial charge in [0.25, 0.3) is 10.2 Å². The maximum Gasteiger partial charge on any atom is 0.279 e. The molecule has 1 rings (SSSR count).